The topological polar surface area (TPSA) is 74.1 Å². The zero-order valence-corrected chi connectivity index (χ0v) is 11.8. The zero-order chi connectivity index (χ0) is 14.4. The predicted molar refractivity (Wildman–Crippen MR) is 80.2 cm³/mol. The van der Waals surface area contributed by atoms with Crippen LogP contribution < -0.4 is 5.32 Å². The lowest BCUT2D eigenvalue weighted by Crippen LogP contribution is -2.14. The molecule has 1 saturated heterocycles. The molecule has 0 spiro atoms. The molecule has 1 unspecified atom stereocenters. The van der Waals surface area contributed by atoms with Gasteiger partial charge in [0.1, 0.15) is 22.9 Å². The lowest BCUT2D eigenvalue weighted by Gasteiger charge is -2.04. The van der Waals surface area contributed by atoms with Crippen LogP contribution in [0.2, 0.25) is 0 Å². The number of H-pyrrole nitrogens is 1. The minimum atomic E-state index is 0.287. The van der Waals surface area contributed by atoms with Gasteiger partial charge in [0.25, 0.3) is 0 Å². The molecule has 0 saturated carbocycles. The SMILES string of the molecule is Cc1cc2oc(-c3cnc(C4CCCN4)[nH]3)cc2cc1O. The van der Waals surface area contributed by atoms with Crippen molar-refractivity contribution in [2.24, 2.45) is 0 Å². The van der Waals surface area contributed by atoms with Crippen LogP contribution in [0, 0.1) is 6.92 Å². The fourth-order valence-electron chi connectivity index (χ4n) is 2.87. The van der Waals surface area contributed by atoms with Gasteiger partial charge < -0.3 is 19.8 Å². The van der Waals surface area contributed by atoms with Crippen molar-refractivity contribution in [1.29, 1.82) is 0 Å². The number of hydrogen-bond acceptors (Lipinski definition) is 4. The van der Waals surface area contributed by atoms with Gasteiger partial charge in [-0.1, -0.05) is 0 Å². The van der Waals surface area contributed by atoms with E-state index >= 15 is 0 Å². The van der Waals surface area contributed by atoms with Crippen LogP contribution in [0.5, 0.6) is 5.75 Å². The van der Waals surface area contributed by atoms with Gasteiger partial charge in [0.15, 0.2) is 5.76 Å². The molecule has 108 valence electrons. The van der Waals surface area contributed by atoms with Crippen LogP contribution in [0.15, 0.2) is 28.8 Å². The molecule has 1 atom stereocenters. The highest BCUT2D eigenvalue weighted by Gasteiger charge is 2.20. The van der Waals surface area contributed by atoms with Crippen molar-refractivity contribution in [3.05, 3.63) is 35.8 Å². The molecule has 3 heterocycles. The first-order valence-electron chi connectivity index (χ1n) is 7.22. The van der Waals surface area contributed by atoms with Crippen molar-refractivity contribution in [2.75, 3.05) is 6.54 Å². The molecule has 4 rings (SSSR count). The van der Waals surface area contributed by atoms with Crippen LogP contribution >= 0.6 is 0 Å². The normalized spacial score (nSPS) is 18.6. The number of aryl methyl sites for hydroxylation is 1. The Hall–Kier alpha value is -2.27. The standard InChI is InChI=1S/C16H17N3O2/c1-9-5-14-10(6-13(9)20)7-15(21-14)12-8-18-16(19-12)11-3-2-4-17-11/h5-8,11,17,20H,2-4H2,1H3,(H,18,19). The summed E-state index contributed by atoms with van der Waals surface area (Å²) in [4.78, 5) is 7.78. The fourth-order valence-corrected chi connectivity index (χ4v) is 2.87. The number of nitrogens with zero attached hydrogens (tertiary/aromatic N) is 1. The summed E-state index contributed by atoms with van der Waals surface area (Å²) in [6, 6.07) is 5.82. The Bertz CT molecular complexity index is 758. The molecule has 0 radical (unpaired) electrons. The number of phenolic OH excluding ortho intramolecular Hbond substituents is 1. The molecule has 3 aromatic rings. The molecule has 5 heteroatoms. The molecule has 5 nitrogen and oxygen atoms in total. The quantitative estimate of drug-likeness (QED) is 0.675. The summed E-state index contributed by atoms with van der Waals surface area (Å²) in [6.07, 6.45) is 4.10. The maximum absolute atomic E-state index is 9.77. The Morgan fingerprint density at radius 2 is 2.24 bits per heavy atom. The van der Waals surface area contributed by atoms with Gasteiger partial charge in [-0.15, -0.1) is 0 Å². The fraction of sp³-hybridized carbons (Fsp3) is 0.312. The van der Waals surface area contributed by atoms with Gasteiger partial charge in [-0.2, -0.15) is 0 Å². The van der Waals surface area contributed by atoms with E-state index in [9.17, 15) is 5.11 Å². The number of furan rings is 1. The third kappa shape index (κ3) is 2.10. The van der Waals surface area contributed by atoms with Gasteiger partial charge >= 0.3 is 0 Å². The molecule has 3 N–H and O–H groups in total. The molecule has 2 aromatic heterocycles. The van der Waals surface area contributed by atoms with E-state index in [1.807, 2.05) is 19.1 Å². The number of benzene rings is 1. The van der Waals surface area contributed by atoms with E-state index in [4.69, 9.17) is 4.42 Å². The number of aromatic amines is 1. The van der Waals surface area contributed by atoms with E-state index in [1.165, 1.54) is 6.42 Å². The number of nitrogens with one attached hydrogen (secondary N) is 2. The van der Waals surface area contributed by atoms with Gasteiger partial charge in [0.2, 0.25) is 0 Å². The predicted octanol–water partition coefficient (Wildman–Crippen LogP) is 3.26. The van der Waals surface area contributed by atoms with E-state index in [0.29, 0.717) is 6.04 Å². The maximum atomic E-state index is 9.77. The Labute approximate surface area is 122 Å². The van der Waals surface area contributed by atoms with E-state index < -0.39 is 0 Å². The second-order valence-corrected chi connectivity index (χ2v) is 5.62. The Morgan fingerprint density at radius 1 is 1.33 bits per heavy atom. The van der Waals surface area contributed by atoms with E-state index in [2.05, 4.69) is 15.3 Å². The average Bonchev–Trinajstić information content (AvgIpc) is 3.18. The Morgan fingerprint density at radius 3 is 3.05 bits per heavy atom. The monoisotopic (exact) mass is 283 g/mol. The summed E-state index contributed by atoms with van der Waals surface area (Å²) in [5.41, 5.74) is 2.45. The van der Waals surface area contributed by atoms with Gasteiger partial charge in [0.05, 0.1) is 12.2 Å². The zero-order valence-electron chi connectivity index (χ0n) is 11.8. The Balaban J connectivity index is 1.72. The van der Waals surface area contributed by atoms with Crippen LogP contribution in [0.25, 0.3) is 22.4 Å². The minimum Gasteiger partial charge on any atom is -0.508 e. The van der Waals surface area contributed by atoms with E-state index in [0.717, 1.165) is 46.8 Å². The van der Waals surface area contributed by atoms with Gasteiger partial charge in [-0.05, 0) is 50.1 Å². The number of aromatic hydroxyl groups is 1. The third-order valence-electron chi connectivity index (χ3n) is 4.09. The van der Waals surface area contributed by atoms with Crippen LogP contribution in [-0.4, -0.2) is 21.6 Å². The number of phenols is 1. The van der Waals surface area contributed by atoms with E-state index in [-0.39, 0.29) is 5.75 Å². The molecule has 1 aliphatic heterocycles. The highest BCUT2D eigenvalue weighted by molar-refractivity contribution is 5.84. The molecule has 1 aromatic carbocycles. The van der Waals surface area contributed by atoms with Crippen LogP contribution in [0.3, 0.4) is 0 Å². The minimum absolute atomic E-state index is 0.287. The summed E-state index contributed by atoms with van der Waals surface area (Å²) in [7, 11) is 0. The lowest BCUT2D eigenvalue weighted by molar-refractivity contribution is 0.471. The number of fused-ring (bicyclic) bond motifs is 1. The second-order valence-electron chi connectivity index (χ2n) is 5.62. The molecular formula is C16H17N3O2. The second kappa shape index (κ2) is 4.63. The summed E-state index contributed by atoms with van der Waals surface area (Å²) in [5, 5.41) is 14.1. The molecule has 1 fully saturated rings. The first kappa shape index (κ1) is 12.5. The molecule has 0 aliphatic carbocycles. The van der Waals surface area contributed by atoms with Crippen molar-refractivity contribution in [3.8, 4) is 17.2 Å². The van der Waals surface area contributed by atoms with E-state index in [1.54, 1.807) is 12.3 Å². The van der Waals surface area contributed by atoms with Crippen molar-refractivity contribution in [1.82, 2.24) is 15.3 Å². The molecule has 0 amide bonds. The van der Waals surface area contributed by atoms with Crippen molar-refractivity contribution in [3.63, 3.8) is 0 Å². The lowest BCUT2D eigenvalue weighted by atomic mass is 10.1. The highest BCUT2D eigenvalue weighted by Crippen LogP contribution is 2.32. The first-order valence-corrected chi connectivity index (χ1v) is 7.22. The Kier molecular flexibility index (Phi) is 2.75. The van der Waals surface area contributed by atoms with Gasteiger partial charge in [0, 0.05) is 5.39 Å². The number of rotatable bonds is 2. The molecule has 21 heavy (non-hydrogen) atoms. The number of aromatic nitrogens is 2. The number of imidazole rings is 1. The summed E-state index contributed by atoms with van der Waals surface area (Å²) in [6.45, 7) is 2.90. The first-order chi connectivity index (χ1) is 10.2. The number of hydrogen-bond donors (Lipinski definition) is 3. The highest BCUT2D eigenvalue weighted by atomic mass is 16.3. The van der Waals surface area contributed by atoms with Crippen LogP contribution in [-0.2, 0) is 0 Å². The summed E-state index contributed by atoms with van der Waals surface area (Å²) in [5.74, 6) is 1.99. The summed E-state index contributed by atoms with van der Waals surface area (Å²) < 4.78 is 5.86. The van der Waals surface area contributed by atoms with Gasteiger partial charge in [-0.3, -0.25) is 0 Å². The van der Waals surface area contributed by atoms with Crippen molar-refractivity contribution in [2.45, 2.75) is 25.8 Å². The summed E-state index contributed by atoms with van der Waals surface area (Å²) >= 11 is 0. The molecular weight excluding hydrogens is 266 g/mol. The maximum Gasteiger partial charge on any atom is 0.153 e. The van der Waals surface area contributed by atoms with Gasteiger partial charge in [-0.25, -0.2) is 4.98 Å². The van der Waals surface area contributed by atoms with Crippen molar-refractivity contribution < 1.29 is 9.52 Å². The van der Waals surface area contributed by atoms with Crippen LogP contribution in [0.1, 0.15) is 30.3 Å². The smallest absolute Gasteiger partial charge is 0.153 e. The largest absolute Gasteiger partial charge is 0.508 e. The molecule has 0 bridgehead atoms. The van der Waals surface area contributed by atoms with Crippen LogP contribution in [0.4, 0.5) is 0 Å². The third-order valence-corrected chi connectivity index (χ3v) is 4.09. The average molecular weight is 283 g/mol. The van der Waals surface area contributed by atoms with Crippen molar-refractivity contribution >= 4 is 11.0 Å². The molecule has 1 aliphatic rings.